The molecular formula is C23H24N2O6S. The molecule has 0 aliphatic carbocycles. The summed E-state index contributed by atoms with van der Waals surface area (Å²) in [6.07, 6.45) is -2.00. The van der Waals surface area contributed by atoms with Crippen LogP contribution in [0, 0.1) is 10.1 Å². The molecule has 0 radical (unpaired) electrons. The van der Waals surface area contributed by atoms with Crippen molar-refractivity contribution < 1.29 is 24.3 Å². The minimum absolute atomic E-state index is 0.378. The van der Waals surface area contributed by atoms with E-state index in [1.165, 1.54) is 16.3 Å². The van der Waals surface area contributed by atoms with Crippen LogP contribution in [0.15, 0.2) is 53.6 Å². The largest absolute Gasteiger partial charge is 0.497 e. The van der Waals surface area contributed by atoms with Gasteiger partial charge >= 0.3 is 6.09 Å². The number of nitro groups is 1. The summed E-state index contributed by atoms with van der Waals surface area (Å²) in [4.78, 5) is 24.8. The molecule has 1 aromatic heterocycles. The van der Waals surface area contributed by atoms with Crippen LogP contribution in [-0.2, 0) is 4.74 Å². The second-order valence-corrected chi connectivity index (χ2v) is 9.71. The summed E-state index contributed by atoms with van der Waals surface area (Å²) in [5, 5.41) is 23.6. The number of nitrogens with zero attached hydrogens (tertiary/aromatic N) is 2. The van der Waals surface area contributed by atoms with E-state index in [-0.39, 0.29) is 0 Å². The Labute approximate surface area is 189 Å². The van der Waals surface area contributed by atoms with Gasteiger partial charge in [0.15, 0.2) is 6.10 Å². The standard InChI is InChI=1S/C23H24N2O6S/c1-23(2,3)31-22(27)24-16-8-6-5-7-15(16)17-19(26)18(25(28)29)20(32-21(17)24)13-9-11-14(30-4)12-10-13/h5-12,18-20,26H,1-4H3/t18-,19+,20+/m0/s1. The number of hydrogen-bond acceptors (Lipinski definition) is 7. The van der Waals surface area contributed by atoms with Crippen LogP contribution in [0.25, 0.3) is 10.9 Å². The predicted octanol–water partition coefficient (Wildman–Crippen LogP) is 4.96. The van der Waals surface area contributed by atoms with Gasteiger partial charge < -0.3 is 14.6 Å². The summed E-state index contributed by atoms with van der Waals surface area (Å²) in [5.41, 5.74) is 0.841. The molecule has 0 amide bonds. The Hall–Kier alpha value is -3.04. The van der Waals surface area contributed by atoms with Crippen molar-refractivity contribution in [2.75, 3.05) is 7.11 Å². The lowest BCUT2D eigenvalue weighted by Crippen LogP contribution is -2.36. The van der Waals surface area contributed by atoms with Gasteiger partial charge in [0.1, 0.15) is 16.6 Å². The maximum absolute atomic E-state index is 13.2. The molecule has 2 aromatic carbocycles. The van der Waals surface area contributed by atoms with E-state index in [1.54, 1.807) is 76.4 Å². The second-order valence-electron chi connectivity index (χ2n) is 8.58. The van der Waals surface area contributed by atoms with Crippen LogP contribution in [0.2, 0.25) is 0 Å². The maximum Gasteiger partial charge on any atom is 0.419 e. The molecule has 0 spiro atoms. The van der Waals surface area contributed by atoms with E-state index >= 15 is 0 Å². The molecule has 0 unspecified atom stereocenters. The van der Waals surface area contributed by atoms with Crippen LogP contribution < -0.4 is 4.74 Å². The highest BCUT2D eigenvalue weighted by Gasteiger charge is 2.49. The minimum Gasteiger partial charge on any atom is -0.497 e. The first-order valence-corrected chi connectivity index (χ1v) is 11.0. The zero-order valence-electron chi connectivity index (χ0n) is 18.1. The van der Waals surface area contributed by atoms with Crippen molar-refractivity contribution in [3.05, 3.63) is 69.8 Å². The number of thioether (sulfide) groups is 1. The van der Waals surface area contributed by atoms with Crippen molar-refractivity contribution in [1.82, 2.24) is 4.57 Å². The monoisotopic (exact) mass is 456 g/mol. The quantitative estimate of drug-likeness (QED) is 0.439. The molecule has 1 aliphatic heterocycles. The number of benzene rings is 2. The lowest BCUT2D eigenvalue weighted by molar-refractivity contribution is -0.536. The Bertz CT molecular complexity index is 1180. The number of carbonyl (C=O) groups is 1. The van der Waals surface area contributed by atoms with Crippen molar-refractivity contribution in [3.8, 4) is 5.75 Å². The van der Waals surface area contributed by atoms with Gasteiger partial charge in [0.2, 0.25) is 0 Å². The van der Waals surface area contributed by atoms with Crippen molar-refractivity contribution in [2.24, 2.45) is 0 Å². The fourth-order valence-electron chi connectivity index (χ4n) is 3.94. The van der Waals surface area contributed by atoms with E-state index in [0.29, 0.717) is 32.8 Å². The number of fused-ring (bicyclic) bond motifs is 3. The van der Waals surface area contributed by atoms with Crippen LogP contribution in [-0.4, -0.2) is 39.4 Å². The Morgan fingerprint density at radius 2 is 1.81 bits per heavy atom. The summed E-state index contributed by atoms with van der Waals surface area (Å²) in [5.74, 6) is 0.622. The lowest BCUT2D eigenvalue weighted by atomic mass is 9.95. The van der Waals surface area contributed by atoms with E-state index in [4.69, 9.17) is 9.47 Å². The first-order valence-electron chi connectivity index (χ1n) is 10.1. The molecule has 1 N–H and O–H groups in total. The van der Waals surface area contributed by atoms with Gasteiger partial charge in [0.25, 0.3) is 6.04 Å². The molecule has 0 saturated heterocycles. The highest BCUT2D eigenvalue weighted by Crippen LogP contribution is 2.53. The highest BCUT2D eigenvalue weighted by atomic mass is 32.2. The van der Waals surface area contributed by atoms with Gasteiger partial charge in [0, 0.05) is 15.9 Å². The number of aliphatic hydroxyl groups excluding tert-OH is 1. The number of ether oxygens (including phenoxy) is 2. The number of methoxy groups -OCH3 is 1. The highest BCUT2D eigenvalue weighted by molar-refractivity contribution is 7.99. The number of aromatic nitrogens is 1. The third-order valence-corrected chi connectivity index (χ3v) is 6.73. The van der Waals surface area contributed by atoms with Crippen LogP contribution in [0.4, 0.5) is 4.79 Å². The fourth-order valence-corrected chi connectivity index (χ4v) is 5.50. The molecule has 0 fully saturated rings. The molecule has 0 saturated carbocycles. The van der Waals surface area contributed by atoms with E-state index in [2.05, 4.69) is 0 Å². The molecule has 3 aromatic rings. The topological polar surface area (TPSA) is 104 Å². The molecule has 168 valence electrons. The molecule has 2 heterocycles. The smallest absolute Gasteiger partial charge is 0.419 e. The molecule has 1 aliphatic rings. The van der Waals surface area contributed by atoms with E-state index in [9.17, 15) is 20.0 Å². The minimum atomic E-state index is -1.40. The Kier molecular flexibility index (Phi) is 5.64. The van der Waals surface area contributed by atoms with Gasteiger partial charge in [0.05, 0.1) is 17.7 Å². The number of para-hydroxylation sites is 1. The SMILES string of the molecule is COc1ccc([C@H]2Sc3c(c4ccccc4n3C(=O)OC(C)(C)C)[C@@H](O)[C@@H]2[N+](=O)[O-])cc1. The van der Waals surface area contributed by atoms with Gasteiger partial charge in [-0.25, -0.2) is 9.36 Å². The van der Waals surface area contributed by atoms with Gasteiger partial charge in [-0.1, -0.05) is 42.1 Å². The fraction of sp³-hybridized carbons (Fsp3) is 0.348. The Morgan fingerprint density at radius 1 is 1.16 bits per heavy atom. The first-order chi connectivity index (χ1) is 15.1. The van der Waals surface area contributed by atoms with Crippen molar-refractivity contribution in [3.63, 3.8) is 0 Å². The third kappa shape index (κ3) is 3.82. The molecule has 32 heavy (non-hydrogen) atoms. The zero-order chi connectivity index (χ0) is 23.2. The van der Waals surface area contributed by atoms with E-state index in [1.807, 2.05) is 0 Å². The van der Waals surface area contributed by atoms with E-state index in [0.717, 1.165) is 0 Å². The van der Waals surface area contributed by atoms with Crippen molar-refractivity contribution >= 4 is 28.8 Å². The summed E-state index contributed by atoms with van der Waals surface area (Å²) in [7, 11) is 1.54. The van der Waals surface area contributed by atoms with Gasteiger partial charge in [-0.15, -0.1) is 0 Å². The van der Waals surface area contributed by atoms with Crippen LogP contribution in [0.5, 0.6) is 5.75 Å². The molecule has 8 nitrogen and oxygen atoms in total. The number of aliphatic hydroxyl groups is 1. The normalized spacial score (nSPS) is 20.6. The Morgan fingerprint density at radius 3 is 2.41 bits per heavy atom. The Balaban J connectivity index is 1.91. The first kappa shape index (κ1) is 22.2. The molecule has 0 bridgehead atoms. The van der Waals surface area contributed by atoms with Crippen LogP contribution >= 0.6 is 11.8 Å². The van der Waals surface area contributed by atoms with Crippen molar-refractivity contribution in [2.45, 2.75) is 48.8 Å². The average Bonchev–Trinajstić information content (AvgIpc) is 3.06. The van der Waals surface area contributed by atoms with E-state index < -0.39 is 34.0 Å². The summed E-state index contributed by atoms with van der Waals surface area (Å²) in [6.45, 7) is 5.32. The van der Waals surface area contributed by atoms with Gasteiger partial charge in [-0.3, -0.25) is 10.1 Å². The molecule has 4 rings (SSSR count). The lowest BCUT2D eigenvalue weighted by Gasteiger charge is -2.30. The zero-order valence-corrected chi connectivity index (χ0v) is 19.0. The van der Waals surface area contributed by atoms with Crippen LogP contribution in [0.3, 0.4) is 0 Å². The van der Waals surface area contributed by atoms with Crippen molar-refractivity contribution in [1.29, 1.82) is 0 Å². The van der Waals surface area contributed by atoms with Crippen LogP contribution in [0.1, 0.15) is 43.3 Å². The predicted molar refractivity (Wildman–Crippen MR) is 121 cm³/mol. The molecular weight excluding hydrogens is 432 g/mol. The summed E-state index contributed by atoms with van der Waals surface area (Å²) < 4.78 is 12.2. The maximum atomic E-state index is 13.2. The molecule has 9 heteroatoms. The number of rotatable bonds is 3. The second kappa shape index (κ2) is 8.14. The third-order valence-electron chi connectivity index (χ3n) is 5.30. The van der Waals surface area contributed by atoms with Gasteiger partial charge in [-0.2, -0.15) is 0 Å². The van der Waals surface area contributed by atoms with Gasteiger partial charge in [-0.05, 0) is 44.5 Å². The summed E-state index contributed by atoms with van der Waals surface area (Å²) >= 11 is 1.19. The average molecular weight is 457 g/mol. The summed E-state index contributed by atoms with van der Waals surface area (Å²) in [6, 6.07) is 12.7. The number of carbonyl (C=O) groups excluding carboxylic acids is 1. The number of hydrogen-bond donors (Lipinski definition) is 1. The molecule has 3 atom stereocenters.